The third kappa shape index (κ3) is 4.10. The molecule has 0 saturated carbocycles. The molecule has 1 spiro atoms. The van der Waals surface area contributed by atoms with Crippen LogP contribution in [0.25, 0.3) is 0 Å². The van der Waals surface area contributed by atoms with Crippen LogP contribution in [0.4, 0.5) is 0 Å². The molecule has 2 saturated heterocycles. The van der Waals surface area contributed by atoms with Crippen LogP contribution in [-0.2, 0) is 14.8 Å². The van der Waals surface area contributed by atoms with Crippen molar-refractivity contribution < 1.29 is 22.7 Å². The number of amides is 1. The number of carbonyl (C=O) groups excluding carboxylic acids is 1. The average Bonchev–Trinajstić information content (AvgIpc) is 2.57. The predicted molar refractivity (Wildman–Crippen MR) is 90.9 cm³/mol. The summed E-state index contributed by atoms with van der Waals surface area (Å²) >= 11 is 0. The maximum Gasteiger partial charge on any atom is 0.259 e. The van der Waals surface area contributed by atoms with Crippen molar-refractivity contribution in [3.8, 4) is 5.88 Å². The summed E-state index contributed by atoms with van der Waals surface area (Å²) in [6.07, 6.45) is 4.43. The number of ether oxygens (including phenoxy) is 2. The van der Waals surface area contributed by atoms with Gasteiger partial charge in [-0.25, -0.2) is 18.1 Å². The quantitative estimate of drug-likeness (QED) is 0.800. The van der Waals surface area contributed by atoms with Crippen LogP contribution in [0.1, 0.15) is 23.2 Å². The van der Waals surface area contributed by atoms with Crippen molar-refractivity contribution in [1.82, 2.24) is 14.6 Å². The first kappa shape index (κ1) is 18.1. The van der Waals surface area contributed by atoms with Gasteiger partial charge in [-0.2, -0.15) is 0 Å². The van der Waals surface area contributed by atoms with Gasteiger partial charge in [0.05, 0.1) is 33.1 Å². The van der Waals surface area contributed by atoms with Crippen LogP contribution < -0.4 is 9.46 Å². The molecule has 2 aliphatic rings. The van der Waals surface area contributed by atoms with E-state index in [4.69, 9.17) is 9.47 Å². The van der Waals surface area contributed by atoms with Gasteiger partial charge in [-0.3, -0.25) is 4.79 Å². The number of hydrogen-bond acceptors (Lipinski definition) is 6. The number of hydrogen-bond donors (Lipinski definition) is 1. The smallest absolute Gasteiger partial charge is 0.259 e. The molecule has 1 aromatic rings. The van der Waals surface area contributed by atoms with Gasteiger partial charge >= 0.3 is 0 Å². The topological polar surface area (TPSA) is 97.8 Å². The molecule has 2 fully saturated rings. The fourth-order valence-electron chi connectivity index (χ4n) is 3.28. The molecule has 2 aliphatic heterocycles. The van der Waals surface area contributed by atoms with Crippen molar-refractivity contribution in [2.24, 2.45) is 5.92 Å². The monoisotopic (exact) mass is 369 g/mol. The molecule has 25 heavy (non-hydrogen) atoms. The summed E-state index contributed by atoms with van der Waals surface area (Å²) in [5.74, 6) is 0.383. The molecule has 0 bridgehead atoms. The Bertz CT molecular complexity index is 736. The summed E-state index contributed by atoms with van der Waals surface area (Å²) in [6.45, 7) is 1.97. The van der Waals surface area contributed by atoms with E-state index in [0.29, 0.717) is 37.7 Å². The molecule has 0 aliphatic carbocycles. The van der Waals surface area contributed by atoms with Gasteiger partial charge in [0.25, 0.3) is 5.91 Å². The summed E-state index contributed by atoms with van der Waals surface area (Å²) in [6, 6.07) is 3.41. The van der Waals surface area contributed by atoms with Crippen molar-refractivity contribution in [3.63, 3.8) is 0 Å². The van der Waals surface area contributed by atoms with Crippen molar-refractivity contribution in [2.45, 2.75) is 18.4 Å². The second kappa shape index (κ2) is 6.89. The first-order chi connectivity index (χ1) is 11.8. The highest BCUT2D eigenvalue weighted by molar-refractivity contribution is 7.88. The number of nitrogens with zero attached hydrogens (tertiary/aromatic N) is 2. The number of rotatable bonds is 5. The summed E-state index contributed by atoms with van der Waals surface area (Å²) < 4.78 is 36.0. The van der Waals surface area contributed by atoms with Crippen LogP contribution >= 0.6 is 0 Å². The predicted octanol–water partition coefficient (Wildman–Crippen LogP) is 0.261. The Morgan fingerprint density at radius 1 is 1.52 bits per heavy atom. The van der Waals surface area contributed by atoms with E-state index in [0.717, 1.165) is 19.1 Å². The molecular weight excluding hydrogens is 346 g/mol. The second-order valence-electron chi connectivity index (χ2n) is 6.74. The van der Waals surface area contributed by atoms with E-state index in [1.54, 1.807) is 23.2 Å². The van der Waals surface area contributed by atoms with Crippen LogP contribution in [-0.4, -0.2) is 69.4 Å². The Morgan fingerprint density at radius 3 is 2.88 bits per heavy atom. The molecule has 3 rings (SSSR count). The van der Waals surface area contributed by atoms with Gasteiger partial charge in [-0.1, -0.05) is 0 Å². The van der Waals surface area contributed by atoms with E-state index in [1.165, 1.54) is 7.11 Å². The van der Waals surface area contributed by atoms with E-state index in [-0.39, 0.29) is 17.4 Å². The van der Waals surface area contributed by atoms with Gasteiger partial charge in [-0.15, -0.1) is 0 Å². The Morgan fingerprint density at radius 2 is 2.28 bits per heavy atom. The zero-order valence-corrected chi connectivity index (χ0v) is 15.2. The zero-order valence-electron chi connectivity index (χ0n) is 14.4. The van der Waals surface area contributed by atoms with Crippen molar-refractivity contribution in [2.75, 3.05) is 39.6 Å². The van der Waals surface area contributed by atoms with Crippen LogP contribution in [0, 0.1) is 5.92 Å². The molecule has 0 aromatic carbocycles. The van der Waals surface area contributed by atoms with Gasteiger partial charge in [0.2, 0.25) is 15.9 Å². The second-order valence-corrected chi connectivity index (χ2v) is 8.57. The number of sulfonamides is 1. The molecule has 138 valence electrons. The van der Waals surface area contributed by atoms with Gasteiger partial charge in [0.1, 0.15) is 11.2 Å². The van der Waals surface area contributed by atoms with Crippen molar-refractivity contribution in [1.29, 1.82) is 0 Å². The largest absolute Gasteiger partial charge is 0.480 e. The molecule has 1 amide bonds. The van der Waals surface area contributed by atoms with E-state index >= 15 is 0 Å². The molecule has 3 heterocycles. The summed E-state index contributed by atoms with van der Waals surface area (Å²) in [4.78, 5) is 18.4. The lowest BCUT2D eigenvalue weighted by Gasteiger charge is -2.52. The molecule has 1 N–H and O–H groups in total. The lowest BCUT2D eigenvalue weighted by atomic mass is 9.82. The van der Waals surface area contributed by atoms with Crippen LogP contribution in [0.5, 0.6) is 5.88 Å². The van der Waals surface area contributed by atoms with Gasteiger partial charge in [0.15, 0.2) is 0 Å². The summed E-state index contributed by atoms with van der Waals surface area (Å²) in [5, 5.41) is 0. The minimum atomic E-state index is -3.18. The number of pyridine rings is 1. The lowest BCUT2D eigenvalue weighted by molar-refractivity contribution is -0.166. The fraction of sp³-hybridized carbons (Fsp3) is 0.625. The highest BCUT2D eigenvalue weighted by atomic mass is 32.2. The Kier molecular flexibility index (Phi) is 4.99. The first-order valence-electron chi connectivity index (χ1n) is 8.19. The highest BCUT2D eigenvalue weighted by Crippen LogP contribution is 2.37. The van der Waals surface area contributed by atoms with E-state index in [2.05, 4.69) is 9.71 Å². The number of nitrogens with one attached hydrogen (secondary N) is 1. The minimum Gasteiger partial charge on any atom is -0.480 e. The lowest BCUT2D eigenvalue weighted by Crippen LogP contribution is -2.66. The Balaban J connectivity index is 1.52. The first-order valence-corrected chi connectivity index (χ1v) is 10.1. The summed E-state index contributed by atoms with van der Waals surface area (Å²) in [5.41, 5.74) is 0.151. The highest BCUT2D eigenvalue weighted by Gasteiger charge is 2.48. The maximum atomic E-state index is 12.6. The van der Waals surface area contributed by atoms with Gasteiger partial charge in [-0.05, 0) is 30.9 Å². The van der Waals surface area contributed by atoms with Gasteiger partial charge in [0, 0.05) is 12.7 Å². The van der Waals surface area contributed by atoms with Gasteiger partial charge < -0.3 is 14.4 Å². The van der Waals surface area contributed by atoms with E-state index in [1.807, 2.05) is 0 Å². The van der Waals surface area contributed by atoms with Crippen LogP contribution in [0.15, 0.2) is 18.3 Å². The maximum absolute atomic E-state index is 12.6. The number of carbonyl (C=O) groups is 1. The standard InChI is InChI=1S/C16H23N3O5S/c1-23-14-13(4-3-7-17-14)15(20)19-10-16(11-19)6-5-12(9-24-16)8-18-25(2,21)22/h3-4,7,12,18H,5-6,8-11H2,1-2H3/t12-/m0/s1. The van der Waals surface area contributed by atoms with E-state index in [9.17, 15) is 13.2 Å². The third-order valence-electron chi connectivity index (χ3n) is 4.71. The third-order valence-corrected chi connectivity index (χ3v) is 5.40. The molecule has 0 radical (unpaired) electrons. The molecular formula is C16H23N3O5S. The zero-order chi connectivity index (χ0) is 18.1. The molecule has 9 heteroatoms. The van der Waals surface area contributed by atoms with Crippen LogP contribution in [0.2, 0.25) is 0 Å². The molecule has 8 nitrogen and oxygen atoms in total. The average molecular weight is 369 g/mol. The van der Waals surface area contributed by atoms with E-state index < -0.39 is 10.0 Å². The normalized spacial score (nSPS) is 22.5. The van der Waals surface area contributed by atoms with Crippen molar-refractivity contribution >= 4 is 15.9 Å². The number of aromatic nitrogens is 1. The SMILES string of the molecule is COc1ncccc1C(=O)N1CC2(CC[C@@H](CNS(C)(=O)=O)CO2)C1. The number of likely N-dealkylation sites (tertiary alicyclic amines) is 1. The Hall–Kier alpha value is -1.71. The fourth-order valence-corrected chi connectivity index (χ4v) is 3.81. The Labute approximate surface area is 147 Å². The minimum absolute atomic E-state index is 0.111. The summed E-state index contributed by atoms with van der Waals surface area (Å²) in [7, 11) is -1.69. The van der Waals surface area contributed by atoms with Crippen molar-refractivity contribution in [3.05, 3.63) is 23.9 Å². The van der Waals surface area contributed by atoms with Crippen LogP contribution in [0.3, 0.4) is 0 Å². The molecule has 1 atom stereocenters. The molecule has 1 aromatic heterocycles. The number of methoxy groups -OCH3 is 1. The molecule has 0 unspecified atom stereocenters.